The van der Waals surface area contributed by atoms with E-state index >= 15 is 0 Å². The zero-order valence-electron chi connectivity index (χ0n) is 14.4. The maximum absolute atomic E-state index is 11.3. The maximum atomic E-state index is 11.3. The van der Waals surface area contributed by atoms with Crippen molar-refractivity contribution in [3.63, 3.8) is 0 Å². The topological polar surface area (TPSA) is 84.6 Å². The van der Waals surface area contributed by atoms with Crippen molar-refractivity contribution in [2.45, 2.75) is 12.6 Å². The summed E-state index contributed by atoms with van der Waals surface area (Å²) >= 11 is 0. The zero-order valence-corrected chi connectivity index (χ0v) is 14.4. The summed E-state index contributed by atoms with van der Waals surface area (Å²) < 4.78 is 7.58. The molecule has 0 aliphatic carbocycles. The minimum atomic E-state index is -1.06. The van der Waals surface area contributed by atoms with Crippen molar-refractivity contribution in [1.29, 1.82) is 0 Å². The number of aliphatic hydroxyl groups is 1. The van der Waals surface area contributed by atoms with Gasteiger partial charge in [-0.2, -0.15) is 0 Å². The molecule has 2 aromatic heterocycles. The molecule has 1 unspecified atom stereocenters. The second-order valence-electron chi connectivity index (χ2n) is 6.30. The van der Waals surface area contributed by atoms with E-state index in [4.69, 9.17) is 4.74 Å². The molecule has 0 spiro atoms. The quantitative estimate of drug-likeness (QED) is 0.550. The predicted octanol–water partition coefficient (Wildman–Crippen LogP) is 3.33. The van der Waals surface area contributed by atoms with Crippen LogP contribution < -0.4 is 4.74 Å². The van der Waals surface area contributed by atoms with E-state index in [1.54, 1.807) is 12.3 Å². The van der Waals surface area contributed by atoms with Crippen LogP contribution >= 0.6 is 0 Å². The summed E-state index contributed by atoms with van der Waals surface area (Å²) in [4.78, 5) is 15.3. The van der Waals surface area contributed by atoms with Crippen molar-refractivity contribution >= 4 is 27.8 Å². The molecular weight excluding hydrogens is 344 g/mol. The second-order valence-corrected chi connectivity index (χ2v) is 6.30. The van der Waals surface area contributed by atoms with Gasteiger partial charge >= 0.3 is 5.97 Å². The standard InChI is InChI=1S/C21H18N2O4/c24-14(13-27-15-6-2-1-3-7-15)12-23-19-9-5-4-8-16(19)17-10-18(21(25)26)22-11-20(17)23/h1-11,14,24H,12-13H2,(H,25,26). The Kier molecular flexibility index (Phi) is 4.48. The third-order valence-electron chi connectivity index (χ3n) is 4.46. The summed E-state index contributed by atoms with van der Waals surface area (Å²) in [6.07, 6.45) is 0.812. The van der Waals surface area contributed by atoms with Gasteiger partial charge in [0.25, 0.3) is 0 Å². The highest BCUT2D eigenvalue weighted by Gasteiger charge is 2.16. The van der Waals surface area contributed by atoms with E-state index < -0.39 is 12.1 Å². The molecular formula is C21H18N2O4. The highest BCUT2D eigenvalue weighted by atomic mass is 16.5. The van der Waals surface area contributed by atoms with Gasteiger partial charge in [0.15, 0.2) is 0 Å². The van der Waals surface area contributed by atoms with Crippen LogP contribution in [0.4, 0.5) is 0 Å². The molecule has 2 heterocycles. The van der Waals surface area contributed by atoms with E-state index in [1.807, 2.05) is 59.2 Å². The molecule has 0 saturated carbocycles. The molecule has 2 aromatic carbocycles. The summed E-state index contributed by atoms with van der Waals surface area (Å²) in [5, 5.41) is 21.4. The molecule has 0 aliphatic rings. The third kappa shape index (κ3) is 3.35. The lowest BCUT2D eigenvalue weighted by atomic mass is 10.1. The molecule has 136 valence electrons. The lowest BCUT2D eigenvalue weighted by Gasteiger charge is -2.15. The van der Waals surface area contributed by atoms with Crippen molar-refractivity contribution in [2.24, 2.45) is 0 Å². The van der Waals surface area contributed by atoms with Crippen LogP contribution in [0.2, 0.25) is 0 Å². The Morgan fingerprint density at radius 1 is 1.04 bits per heavy atom. The number of fused-ring (bicyclic) bond motifs is 3. The fourth-order valence-corrected chi connectivity index (χ4v) is 3.23. The number of carbonyl (C=O) groups is 1. The minimum absolute atomic E-state index is 0.00152. The first kappa shape index (κ1) is 17.1. The Labute approximate surface area is 155 Å². The van der Waals surface area contributed by atoms with E-state index in [-0.39, 0.29) is 12.3 Å². The average Bonchev–Trinajstić information content (AvgIpc) is 3.00. The number of ether oxygens (including phenoxy) is 1. The fraction of sp³-hybridized carbons (Fsp3) is 0.143. The molecule has 0 saturated heterocycles. The smallest absolute Gasteiger partial charge is 0.354 e. The van der Waals surface area contributed by atoms with Gasteiger partial charge in [0.05, 0.1) is 18.3 Å². The molecule has 0 radical (unpaired) electrons. The molecule has 0 bridgehead atoms. The summed E-state index contributed by atoms with van der Waals surface area (Å²) in [7, 11) is 0. The van der Waals surface area contributed by atoms with Crippen molar-refractivity contribution in [3.05, 3.63) is 72.6 Å². The number of para-hydroxylation sites is 2. The highest BCUT2D eigenvalue weighted by molar-refractivity contribution is 6.09. The van der Waals surface area contributed by atoms with Crippen LogP contribution in [0.25, 0.3) is 21.8 Å². The summed E-state index contributed by atoms with van der Waals surface area (Å²) in [6, 6.07) is 18.6. The van der Waals surface area contributed by atoms with Gasteiger partial charge in [-0.1, -0.05) is 36.4 Å². The predicted molar refractivity (Wildman–Crippen MR) is 102 cm³/mol. The average molecular weight is 362 g/mol. The lowest BCUT2D eigenvalue weighted by molar-refractivity contribution is 0.0690. The van der Waals surface area contributed by atoms with Gasteiger partial charge < -0.3 is 19.5 Å². The SMILES string of the molecule is O=C(O)c1cc2c3ccccc3n(CC(O)COc3ccccc3)c2cn1. The van der Waals surface area contributed by atoms with Gasteiger partial charge in [-0.3, -0.25) is 0 Å². The van der Waals surface area contributed by atoms with Crippen molar-refractivity contribution in [3.8, 4) is 5.75 Å². The van der Waals surface area contributed by atoms with Crippen LogP contribution in [0.3, 0.4) is 0 Å². The van der Waals surface area contributed by atoms with Crippen LogP contribution in [0.5, 0.6) is 5.75 Å². The Bertz CT molecular complexity index is 1110. The number of pyridine rings is 1. The first-order chi connectivity index (χ1) is 13.1. The Morgan fingerprint density at radius 2 is 1.78 bits per heavy atom. The summed E-state index contributed by atoms with van der Waals surface area (Å²) in [5.41, 5.74) is 1.69. The monoisotopic (exact) mass is 362 g/mol. The number of nitrogens with zero attached hydrogens (tertiary/aromatic N) is 2. The highest BCUT2D eigenvalue weighted by Crippen LogP contribution is 2.29. The van der Waals surface area contributed by atoms with Gasteiger partial charge in [0.2, 0.25) is 0 Å². The zero-order chi connectivity index (χ0) is 18.8. The second kappa shape index (κ2) is 7.09. The number of hydrogen-bond donors (Lipinski definition) is 2. The molecule has 0 amide bonds. The minimum Gasteiger partial charge on any atom is -0.491 e. The number of hydrogen-bond acceptors (Lipinski definition) is 4. The first-order valence-corrected chi connectivity index (χ1v) is 8.59. The Hall–Kier alpha value is -3.38. The number of aromatic carboxylic acids is 1. The fourth-order valence-electron chi connectivity index (χ4n) is 3.23. The Balaban J connectivity index is 1.66. The number of aliphatic hydroxyl groups excluding tert-OH is 1. The molecule has 0 fully saturated rings. The van der Waals surface area contributed by atoms with Crippen molar-refractivity contribution in [2.75, 3.05) is 6.61 Å². The number of aromatic nitrogens is 2. The molecule has 4 aromatic rings. The van der Waals surface area contributed by atoms with Gasteiger partial charge in [0, 0.05) is 16.3 Å². The molecule has 6 heteroatoms. The maximum Gasteiger partial charge on any atom is 0.354 e. The van der Waals surface area contributed by atoms with Crippen LogP contribution in [-0.4, -0.2) is 38.4 Å². The van der Waals surface area contributed by atoms with Crippen molar-refractivity contribution < 1.29 is 19.7 Å². The molecule has 6 nitrogen and oxygen atoms in total. The van der Waals surface area contributed by atoms with Crippen LogP contribution in [-0.2, 0) is 6.54 Å². The summed E-state index contributed by atoms with van der Waals surface area (Å²) in [6.45, 7) is 0.462. The number of rotatable bonds is 6. The van der Waals surface area contributed by atoms with Gasteiger partial charge in [-0.05, 0) is 24.3 Å². The van der Waals surface area contributed by atoms with Crippen LogP contribution in [0.1, 0.15) is 10.5 Å². The van der Waals surface area contributed by atoms with Crippen molar-refractivity contribution in [1.82, 2.24) is 9.55 Å². The van der Waals surface area contributed by atoms with E-state index in [0.29, 0.717) is 12.3 Å². The van der Waals surface area contributed by atoms with E-state index in [9.17, 15) is 15.0 Å². The summed E-state index contributed by atoms with van der Waals surface area (Å²) in [5.74, 6) is -0.364. The molecule has 2 N–H and O–H groups in total. The molecule has 27 heavy (non-hydrogen) atoms. The van der Waals surface area contributed by atoms with E-state index in [2.05, 4.69) is 4.98 Å². The van der Waals surface area contributed by atoms with Gasteiger partial charge in [0.1, 0.15) is 24.2 Å². The third-order valence-corrected chi connectivity index (χ3v) is 4.46. The van der Waals surface area contributed by atoms with E-state index in [0.717, 1.165) is 21.8 Å². The number of carboxylic acids is 1. The normalized spacial score (nSPS) is 12.3. The van der Waals surface area contributed by atoms with Crippen LogP contribution in [0, 0.1) is 0 Å². The van der Waals surface area contributed by atoms with Crippen LogP contribution in [0.15, 0.2) is 66.9 Å². The lowest BCUT2D eigenvalue weighted by Crippen LogP contribution is -2.23. The number of benzene rings is 2. The van der Waals surface area contributed by atoms with E-state index in [1.165, 1.54) is 0 Å². The first-order valence-electron chi connectivity index (χ1n) is 8.59. The molecule has 0 aliphatic heterocycles. The largest absolute Gasteiger partial charge is 0.491 e. The molecule has 1 atom stereocenters. The molecule has 4 rings (SSSR count). The number of carboxylic acid groups (broad SMARTS) is 1. The Morgan fingerprint density at radius 3 is 2.56 bits per heavy atom. The van der Waals surface area contributed by atoms with Gasteiger partial charge in [-0.25, -0.2) is 9.78 Å². The van der Waals surface area contributed by atoms with Gasteiger partial charge in [-0.15, -0.1) is 0 Å².